The summed E-state index contributed by atoms with van der Waals surface area (Å²) in [5.41, 5.74) is 0.584. The van der Waals surface area contributed by atoms with Crippen molar-refractivity contribution < 1.29 is 13.2 Å². The fraction of sp³-hybridized carbons (Fsp3) is 0.562. The molecule has 23 heavy (non-hydrogen) atoms. The van der Waals surface area contributed by atoms with Crippen LogP contribution in [0.1, 0.15) is 38.2 Å². The molecule has 1 aromatic carbocycles. The second kappa shape index (κ2) is 7.64. The first-order valence-corrected chi connectivity index (χ1v) is 9.67. The first-order valence-electron chi connectivity index (χ1n) is 7.85. The molecule has 7 heteroatoms. The van der Waals surface area contributed by atoms with Crippen molar-refractivity contribution in [2.75, 3.05) is 13.1 Å². The zero-order valence-electron chi connectivity index (χ0n) is 13.5. The topological polar surface area (TPSA) is 66.5 Å². The van der Waals surface area contributed by atoms with Gasteiger partial charge in [0.15, 0.2) is 0 Å². The van der Waals surface area contributed by atoms with E-state index >= 15 is 0 Å². The van der Waals surface area contributed by atoms with E-state index in [0.29, 0.717) is 30.1 Å². The van der Waals surface area contributed by atoms with Crippen LogP contribution in [0.25, 0.3) is 0 Å². The molecule has 0 aliphatic carbocycles. The van der Waals surface area contributed by atoms with Gasteiger partial charge in [0.1, 0.15) is 0 Å². The number of nitrogens with one attached hydrogen (secondary N) is 1. The van der Waals surface area contributed by atoms with Crippen molar-refractivity contribution in [2.45, 2.75) is 50.5 Å². The van der Waals surface area contributed by atoms with Crippen LogP contribution in [0.4, 0.5) is 0 Å². The highest BCUT2D eigenvalue weighted by Crippen LogP contribution is 2.30. The third-order valence-electron chi connectivity index (χ3n) is 4.23. The maximum absolute atomic E-state index is 13.0. The Labute approximate surface area is 143 Å². The summed E-state index contributed by atoms with van der Waals surface area (Å²) >= 11 is 6.08. The summed E-state index contributed by atoms with van der Waals surface area (Å²) in [5.74, 6) is -0.0964. The summed E-state index contributed by atoms with van der Waals surface area (Å²) in [6, 6.07) is 4.88. The fourth-order valence-corrected chi connectivity index (χ4v) is 5.19. The third kappa shape index (κ3) is 4.25. The Morgan fingerprint density at radius 3 is 2.83 bits per heavy atom. The normalized spacial score (nSPS) is 19.5. The van der Waals surface area contributed by atoms with Gasteiger partial charge in [0.25, 0.3) is 0 Å². The van der Waals surface area contributed by atoms with Crippen LogP contribution in [0, 0.1) is 6.92 Å². The Balaban J connectivity index is 2.24. The van der Waals surface area contributed by atoms with Gasteiger partial charge in [-0.2, -0.15) is 4.31 Å². The standard InChI is InChI=1S/C16H23ClN2O3S/c1-12-15(17)7-5-8-16(12)23(21,22)19-11-4-3-6-14(19)9-10-18-13(2)20/h5,7-8,14H,3-4,6,9-11H2,1-2H3,(H,18,20)/t14-/m1/s1. The summed E-state index contributed by atoms with van der Waals surface area (Å²) in [7, 11) is -3.58. The van der Waals surface area contributed by atoms with Crippen LogP contribution in [0.15, 0.2) is 23.1 Å². The molecule has 1 aliphatic heterocycles. The SMILES string of the molecule is CC(=O)NCC[C@H]1CCCCN1S(=O)(=O)c1cccc(Cl)c1C. The smallest absolute Gasteiger partial charge is 0.243 e. The van der Waals surface area contributed by atoms with E-state index in [2.05, 4.69) is 5.32 Å². The van der Waals surface area contributed by atoms with Crippen molar-refractivity contribution in [3.63, 3.8) is 0 Å². The Hall–Kier alpha value is -1.11. The number of halogens is 1. The van der Waals surface area contributed by atoms with E-state index < -0.39 is 10.0 Å². The van der Waals surface area contributed by atoms with Crippen molar-refractivity contribution in [1.82, 2.24) is 9.62 Å². The minimum absolute atomic E-state index is 0.0843. The molecule has 1 saturated heterocycles. The third-order valence-corrected chi connectivity index (χ3v) is 6.73. The molecule has 0 unspecified atom stereocenters. The van der Waals surface area contributed by atoms with E-state index in [-0.39, 0.29) is 16.8 Å². The number of hydrogen-bond acceptors (Lipinski definition) is 3. The molecule has 1 aromatic rings. The highest BCUT2D eigenvalue weighted by Gasteiger charge is 2.34. The van der Waals surface area contributed by atoms with E-state index in [1.54, 1.807) is 29.4 Å². The Morgan fingerprint density at radius 2 is 2.13 bits per heavy atom. The number of hydrogen-bond donors (Lipinski definition) is 1. The summed E-state index contributed by atoms with van der Waals surface area (Å²) in [6.45, 7) is 4.19. The van der Waals surface area contributed by atoms with Crippen LogP contribution in [0.5, 0.6) is 0 Å². The van der Waals surface area contributed by atoms with Gasteiger partial charge in [-0.3, -0.25) is 4.79 Å². The molecule has 0 saturated carbocycles. The molecule has 0 spiro atoms. The maximum Gasteiger partial charge on any atom is 0.243 e. The second-order valence-corrected chi connectivity index (χ2v) is 8.17. The van der Waals surface area contributed by atoms with Crippen molar-refractivity contribution in [2.24, 2.45) is 0 Å². The lowest BCUT2D eigenvalue weighted by Crippen LogP contribution is -2.45. The van der Waals surface area contributed by atoms with Gasteiger partial charge in [0, 0.05) is 31.1 Å². The lowest BCUT2D eigenvalue weighted by molar-refractivity contribution is -0.119. The minimum atomic E-state index is -3.58. The van der Waals surface area contributed by atoms with Crippen LogP contribution in [0.3, 0.4) is 0 Å². The number of benzene rings is 1. The molecule has 5 nitrogen and oxygen atoms in total. The van der Waals surface area contributed by atoms with E-state index in [0.717, 1.165) is 19.3 Å². The number of sulfonamides is 1. The number of nitrogens with zero attached hydrogens (tertiary/aromatic N) is 1. The van der Waals surface area contributed by atoms with Crippen LogP contribution in [-0.4, -0.2) is 37.8 Å². The van der Waals surface area contributed by atoms with Crippen LogP contribution in [-0.2, 0) is 14.8 Å². The summed E-state index contributed by atoms with van der Waals surface area (Å²) in [5, 5.41) is 3.20. The molecular weight excluding hydrogens is 336 g/mol. The van der Waals surface area contributed by atoms with E-state index in [9.17, 15) is 13.2 Å². The number of piperidine rings is 1. The zero-order chi connectivity index (χ0) is 17.0. The lowest BCUT2D eigenvalue weighted by Gasteiger charge is -2.35. The van der Waals surface area contributed by atoms with Gasteiger partial charge in [-0.05, 0) is 43.9 Å². The molecule has 0 aromatic heterocycles. The van der Waals surface area contributed by atoms with Gasteiger partial charge < -0.3 is 5.32 Å². The Morgan fingerprint density at radius 1 is 1.39 bits per heavy atom. The number of carbonyl (C=O) groups excluding carboxylic acids is 1. The fourth-order valence-electron chi connectivity index (χ4n) is 2.99. The zero-order valence-corrected chi connectivity index (χ0v) is 15.1. The molecule has 1 N–H and O–H groups in total. The van der Waals surface area contributed by atoms with Crippen LogP contribution >= 0.6 is 11.6 Å². The van der Waals surface area contributed by atoms with Crippen molar-refractivity contribution >= 4 is 27.5 Å². The average Bonchev–Trinajstić information content (AvgIpc) is 2.50. The highest BCUT2D eigenvalue weighted by atomic mass is 35.5. The van der Waals surface area contributed by atoms with Gasteiger partial charge in [-0.15, -0.1) is 0 Å². The quantitative estimate of drug-likeness (QED) is 0.880. The Kier molecular flexibility index (Phi) is 6.06. The molecule has 2 rings (SSSR count). The Bertz CT molecular complexity index is 676. The van der Waals surface area contributed by atoms with Gasteiger partial charge >= 0.3 is 0 Å². The predicted molar refractivity (Wildman–Crippen MR) is 91.0 cm³/mol. The summed E-state index contributed by atoms with van der Waals surface area (Å²) in [4.78, 5) is 11.3. The van der Waals surface area contributed by atoms with Crippen molar-refractivity contribution in [3.05, 3.63) is 28.8 Å². The van der Waals surface area contributed by atoms with Gasteiger partial charge in [0.05, 0.1) is 4.90 Å². The van der Waals surface area contributed by atoms with E-state index in [1.165, 1.54) is 6.92 Å². The first kappa shape index (κ1) is 18.2. The van der Waals surface area contributed by atoms with Crippen molar-refractivity contribution in [1.29, 1.82) is 0 Å². The van der Waals surface area contributed by atoms with Gasteiger partial charge in [-0.1, -0.05) is 24.1 Å². The number of rotatable bonds is 5. The van der Waals surface area contributed by atoms with E-state index in [1.807, 2.05) is 0 Å². The molecule has 0 bridgehead atoms. The van der Waals surface area contributed by atoms with Crippen molar-refractivity contribution in [3.8, 4) is 0 Å². The number of carbonyl (C=O) groups is 1. The molecule has 128 valence electrons. The minimum Gasteiger partial charge on any atom is -0.356 e. The van der Waals surface area contributed by atoms with Gasteiger partial charge in [0.2, 0.25) is 15.9 Å². The summed E-state index contributed by atoms with van der Waals surface area (Å²) < 4.78 is 27.7. The molecule has 0 radical (unpaired) electrons. The lowest BCUT2D eigenvalue weighted by atomic mass is 10.0. The second-order valence-electron chi connectivity index (χ2n) is 5.90. The molecule has 1 heterocycles. The molecule has 1 amide bonds. The van der Waals surface area contributed by atoms with Gasteiger partial charge in [-0.25, -0.2) is 8.42 Å². The monoisotopic (exact) mass is 358 g/mol. The largest absolute Gasteiger partial charge is 0.356 e. The molecule has 1 fully saturated rings. The number of amides is 1. The van der Waals surface area contributed by atoms with Crippen LogP contribution < -0.4 is 5.32 Å². The average molecular weight is 359 g/mol. The summed E-state index contributed by atoms with van der Waals surface area (Å²) in [6.07, 6.45) is 3.30. The molecule has 1 atom stereocenters. The molecule has 1 aliphatic rings. The molecular formula is C16H23ClN2O3S. The predicted octanol–water partition coefficient (Wildman–Crippen LogP) is 2.72. The van der Waals surface area contributed by atoms with Crippen LogP contribution in [0.2, 0.25) is 5.02 Å². The maximum atomic E-state index is 13.0. The highest BCUT2D eigenvalue weighted by molar-refractivity contribution is 7.89. The van der Waals surface area contributed by atoms with E-state index in [4.69, 9.17) is 11.6 Å². The first-order chi connectivity index (χ1) is 10.8.